The number of aromatic carboxylic acids is 2. The Hall–Kier alpha value is -7.14. The fourth-order valence-electron chi connectivity index (χ4n) is 5.59. The molecule has 0 spiro atoms. The van der Waals surface area contributed by atoms with E-state index in [4.69, 9.17) is 10.2 Å². The van der Waals surface area contributed by atoms with Gasteiger partial charge in [-0.3, -0.25) is 0 Å². The molecule has 0 unspecified atom stereocenters. The van der Waals surface area contributed by atoms with E-state index in [0.717, 1.165) is 40.7 Å². The van der Waals surface area contributed by atoms with Gasteiger partial charge in [0.05, 0.1) is 11.1 Å². The maximum atomic E-state index is 10.9. The molecule has 0 heterocycles. The average Bonchev–Trinajstić information content (AvgIpc) is 3.20. The van der Waals surface area contributed by atoms with E-state index in [1.807, 2.05) is 48.6 Å². The smallest absolute Gasteiger partial charge is 0.335 e. The van der Waals surface area contributed by atoms with Crippen molar-refractivity contribution in [1.29, 1.82) is 0 Å². The Balaban J connectivity index is 0.000000208. The maximum Gasteiger partial charge on any atom is 0.335 e. The third-order valence-electron chi connectivity index (χ3n) is 8.48. The second-order valence-electron chi connectivity index (χ2n) is 12.5. The number of carboxylic acids is 2. The van der Waals surface area contributed by atoms with Crippen molar-refractivity contribution in [2.75, 3.05) is 0 Å². The number of aryl methyl sites for hydroxylation is 2. The van der Waals surface area contributed by atoms with Crippen molar-refractivity contribution in [2.24, 2.45) is 0 Å². The lowest BCUT2D eigenvalue weighted by Gasteiger charge is -2.07. The van der Waals surface area contributed by atoms with Crippen LogP contribution in [0.3, 0.4) is 0 Å². The van der Waals surface area contributed by atoms with E-state index in [-0.39, 0.29) is 11.1 Å². The predicted octanol–water partition coefficient (Wildman–Crippen LogP) is 11.5. The first-order chi connectivity index (χ1) is 26.3. The van der Waals surface area contributed by atoms with E-state index < -0.39 is 11.9 Å². The van der Waals surface area contributed by atoms with Crippen LogP contribution in [0.25, 0.3) is 34.4 Å². The van der Waals surface area contributed by atoms with Gasteiger partial charge in [-0.1, -0.05) is 140 Å². The van der Waals surface area contributed by atoms with Crippen LogP contribution < -0.4 is 0 Å². The molecule has 4 heteroatoms. The minimum absolute atomic E-state index is 0.262. The van der Waals surface area contributed by atoms with E-state index >= 15 is 0 Å². The van der Waals surface area contributed by atoms with Crippen LogP contribution >= 0.6 is 0 Å². The van der Waals surface area contributed by atoms with Crippen molar-refractivity contribution in [3.63, 3.8) is 0 Å². The first-order valence-electron chi connectivity index (χ1n) is 17.7. The molecular formula is C50H40O4. The van der Waals surface area contributed by atoms with Crippen molar-refractivity contribution in [1.82, 2.24) is 0 Å². The van der Waals surface area contributed by atoms with Crippen LogP contribution in [0.4, 0.5) is 0 Å². The Morgan fingerprint density at radius 3 is 1.35 bits per heavy atom. The molecule has 0 aliphatic carbocycles. The topological polar surface area (TPSA) is 74.6 Å². The molecule has 0 radical (unpaired) electrons. The highest BCUT2D eigenvalue weighted by atomic mass is 16.4. The van der Waals surface area contributed by atoms with Gasteiger partial charge in [-0.25, -0.2) is 9.59 Å². The van der Waals surface area contributed by atoms with Crippen molar-refractivity contribution < 1.29 is 19.8 Å². The van der Waals surface area contributed by atoms with E-state index in [9.17, 15) is 9.59 Å². The first kappa shape index (κ1) is 38.1. The summed E-state index contributed by atoms with van der Waals surface area (Å²) >= 11 is 0. The molecule has 6 rings (SSSR count). The van der Waals surface area contributed by atoms with Gasteiger partial charge in [-0.15, -0.1) is 0 Å². The van der Waals surface area contributed by atoms with Crippen LogP contribution in [0.5, 0.6) is 0 Å². The van der Waals surface area contributed by atoms with Crippen molar-refractivity contribution in [3.05, 3.63) is 202 Å². The Morgan fingerprint density at radius 1 is 0.537 bits per heavy atom. The van der Waals surface area contributed by atoms with E-state index in [2.05, 4.69) is 110 Å². The summed E-state index contributed by atoms with van der Waals surface area (Å²) in [5.74, 6) is 10.2. The van der Waals surface area contributed by atoms with Gasteiger partial charge in [0, 0.05) is 11.1 Å². The third kappa shape index (κ3) is 11.2. The summed E-state index contributed by atoms with van der Waals surface area (Å²) in [6, 6.07) is 46.8. The fraction of sp³-hybridized carbons (Fsp3) is 0.0800. The van der Waals surface area contributed by atoms with Crippen LogP contribution in [-0.2, 0) is 6.42 Å². The summed E-state index contributed by atoms with van der Waals surface area (Å²) < 4.78 is 0. The molecule has 0 aliphatic heterocycles. The molecule has 6 aromatic rings. The summed E-state index contributed by atoms with van der Waals surface area (Å²) in [5, 5.41) is 17.8. The number of hydrogen-bond donors (Lipinski definition) is 2. The molecular weight excluding hydrogens is 665 g/mol. The van der Waals surface area contributed by atoms with Crippen LogP contribution in [0.2, 0.25) is 0 Å². The summed E-state index contributed by atoms with van der Waals surface area (Å²) in [6.07, 6.45) is 9.90. The van der Waals surface area contributed by atoms with Gasteiger partial charge in [0.15, 0.2) is 0 Å². The van der Waals surface area contributed by atoms with Crippen LogP contribution in [-0.4, -0.2) is 22.2 Å². The minimum atomic E-state index is -0.933. The number of carboxylic acid groups (broad SMARTS) is 2. The Morgan fingerprint density at radius 2 is 0.944 bits per heavy atom. The molecule has 0 saturated heterocycles. The average molecular weight is 705 g/mol. The number of benzene rings is 6. The monoisotopic (exact) mass is 704 g/mol. The van der Waals surface area contributed by atoms with E-state index in [0.29, 0.717) is 0 Å². The summed E-state index contributed by atoms with van der Waals surface area (Å²) in [7, 11) is 0. The lowest BCUT2D eigenvalue weighted by molar-refractivity contribution is 0.0686. The highest BCUT2D eigenvalue weighted by Crippen LogP contribution is 2.26. The maximum absolute atomic E-state index is 10.9. The second-order valence-corrected chi connectivity index (χ2v) is 12.5. The molecule has 0 amide bonds. The first-order valence-corrected chi connectivity index (χ1v) is 17.7. The number of rotatable bonds is 8. The normalized spacial score (nSPS) is 10.4. The van der Waals surface area contributed by atoms with Crippen LogP contribution in [0.15, 0.2) is 158 Å². The molecule has 0 aromatic heterocycles. The Labute approximate surface area is 317 Å². The highest BCUT2D eigenvalue weighted by Gasteiger charge is 2.04. The largest absolute Gasteiger partial charge is 0.478 e. The summed E-state index contributed by atoms with van der Waals surface area (Å²) in [6.45, 7) is 4.27. The predicted molar refractivity (Wildman–Crippen MR) is 221 cm³/mol. The minimum Gasteiger partial charge on any atom is -0.478 e. The molecule has 0 atom stereocenters. The van der Waals surface area contributed by atoms with Gasteiger partial charge in [-0.05, 0) is 125 Å². The number of carbonyl (C=O) groups is 2. The highest BCUT2D eigenvalue weighted by molar-refractivity contribution is 5.88. The summed E-state index contributed by atoms with van der Waals surface area (Å²) in [4.78, 5) is 21.7. The standard InChI is InChI=1S/C26H22O2.C24H18O2/c1-2-7-20-12-16-23(17-13-20)25-11-6-5-10-22(25)9-4-3-8-21-14-18-24(19-15-21)26(27)28;1-18-10-14-21(15-11-18)23-9-5-4-8-20(23)7-3-2-6-19-12-16-22(17-13-19)24(25)26/h4-6,9-19H,2,7H2,1H3,(H,27,28);3-5,7-17H,1H3,(H,25,26). The fourth-order valence-corrected chi connectivity index (χ4v) is 5.59. The molecule has 0 saturated carbocycles. The number of allylic oxidation sites excluding steroid dienone is 2. The zero-order valence-corrected chi connectivity index (χ0v) is 30.3. The second kappa shape index (κ2) is 19.5. The zero-order chi connectivity index (χ0) is 38.1. The van der Waals surface area contributed by atoms with Crippen molar-refractivity contribution in [2.45, 2.75) is 26.7 Å². The zero-order valence-electron chi connectivity index (χ0n) is 30.3. The molecule has 2 N–H and O–H groups in total. The number of hydrogen-bond acceptors (Lipinski definition) is 2. The van der Waals surface area contributed by atoms with Crippen LogP contribution in [0.1, 0.15) is 67.4 Å². The van der Waals surface area contributed by atoms with Gasteiger partial charge in [0.1, 0.15) is 0 Å². The van der Waals surface area contributed by atoms with Gasteiger partial charge >= 0.3 is 11.9 Å². The Kier molecular flexibility index (Phi) is 13.7. The van der Waals surface area contributed by atoms with Gasteiger partial charge < -0.3 is 10.2 Å². The van der Waals surface area contributed by atoms with Gasteiger partial charge in [0.25, 0.3) is 0 Å². The lowest BCUT2D eigenvalue weighted by Crippen LogP contribution is -1.94. The van der Waals surface area contributed by atoms with E-state index in [1.165, 1.54) is 27.8 Å². The molecule has 4 nitrogen and oxygen atoms in total. The SMILES string of the molecule is CCCc1ccc(-c2ccccc2C=CC#Cc2ccc(C(=O)O)cc2)cc1.Cc1ccc(-c2ccccc2C=CC#Cc2ccc(C(=O)O)cc2)cc1. The molecule has 264 valence electrons. The van der Waals surface area contributed by atoms with Crippen LogP contribution in [0, 0.1) is 30.6 Å². The molecule has 0 bridgehead atoms. The van der Waals surface area contributed by atoms with E-state index in [1.54, 1.807) is 48.5 Å². The molecule has 6 aromatic carbocycles. The van der Waals surface area contributed by atoms with Gasteiger partial charge in [-0.2, -0.15) is 0 Å². The molecule has 0 aliphatic rings. The molecule has 54 heavy (non-hydrogen) atoms. The molecule has 0 fully saturated rings. The summed E-state index contributed by atoms with van der Waals surface area (Å²) in [5.41, 5.74) is 11.6. The van der Waals surface area contributed by atoms with Crippen molar-refractivity contribution >= 4 is 24.1 Å². The van der Waals surface area contributed by atoms with Crippen molar-refractivity contribution in [3.8, 4) is 45.9 Å². The van der Waals surface area contributed by atoms with Gasteiger partial charge in [0.2, 0.25) is 0 Å². The Bertz CT molecular complexity index is 2370. The quantitative estimate of drug-likeness (QED) is 0.155. The third-order valence-corrected chi connectivity index (χ3v) is 8.48. The lowest BCUT2D eigenvalue weighted by atomic mass is 9.97.